The van der Waals surface area contributed by atoms with Crippen LogP contribution in [0.25, 0.3) is 0 Å². The van der Waals surface area contributed by atoms with E-state index in [-0.39, 0.29) is 25.0 Å². The van der Waals surface area contributed by atoms with Crippen molar-refractivity contribution < 1.29 is 19.7 Å². The van der Waals surface area contributed by atoms with Crippen LogP contribution in [-0.2, 0) is 9.53 Å². The highest BCUT2D eigenvalue weighted by molar-refractivity contribution is 5.86. The normalized spacial score (nSPS) is 21.0. The van der Waals surface area contributed by atoms with Crippen LogP contribution in [0.3, 0.4) is 0 Å². The molecular weight excluding hydrogens is 256 g/mol. The second kappa shape index (κ2) is 8.42. The van der Waals surface area contributed by atoms with E-state index in [0.29, 0.717) is 11.5 Å². The molecule has 0 aliphatic heterocycles. The van der Waals surface area contributed by atoms with E-state index in [1.54, 1.807) is 6.92 Å². The molecule has 0 amide bonds. The monoisotopic (exact) mass is 284 g/mol. The summed E-state index contributed by atoms with van der Waals surface area (Å²) in [7, 11) is 0. The Morgan fingerprint density at radius 3 is 2.45 bits per heavy atom. The average Bonchev–Trinajstić information content (AvgIpc) is 2.45. The van der Waals surface area contributed by atoms with Crippen molar-refractivity contribution in [3.63, 3.8) is 0 Å². The van der Waals surface area contributed by atoms with E-state index in [1.807, 2.05) is 6.92 Å². The second-order valence-corrected chi connectivity index (χ2v) is 6.09. The molecular formula is C16H28O4. The van der Waals surface area contributed by atoms with Crippen LogP contribution in [0, 0.1) is 17.8 Å². The van der Waals surface area contributed by atoms with E-state index in [0.717, 1.165) is 12.8 Å². The number of rotatable bonds is 7. The molecule has 4 heteroatoms. The Labute approximate surface area is 121 Å². The number of aliphatic hydroxyl groups is 2. The molecule has 0 spiro atoms. The SMILES string of the molecule is C=C(C)C(=O)OCC(C)C(O)C(CO)C1CCCCC1. The van der Waals surface area contributed by atoms with Gasteiger partial charge in [0.05, 0.1) is 12.7 Å². The highest BCUT2D eigenvalue weighted by atomic mass is 16.5. The van der Waals surface area contributed by atoms with Gasteiger partial charge in [-0.2, -0.15) is 0 Å². The summed E-state index contributed by atoms with van der Waals surface area (Å²) in [5.74, 6) is -0.350. The van der Waals surface area contributed by atoms with Gasteiger partial charge in [0.1, 0.15) is 0 Å². The van der Waals surface area contributed by atoms with E-state index in [1.165, 1.54) is 19.3 Å². The standard InChI is InChI=1S/C16H28O4/c1-11(2)16(19)20-10-12(3)15(18)14(9-17)13-7-5-4-6-8-13/h12-15,17-18H,1,4-10H2,2-3H3. The van der Waals surface area contributed by atoms with Crippen LogP contribution < -0.4 is 0 Å². The largest absolute Gasteiger partial charge is 0.462 e. The Morgan fingerprint density at radius 2 is 1.95 bits per heavy atom. The maximum Gasteiger partial charge on any atom is 0.333 e. The van der Waals surface area contributed by atoms with E-state index in [9.17, 15) is 15.0 Å². The van der Waals surface area contributed by atoms with Gasteiger partial charge in [0, 0.05) is 24.0 Å². The van der Waals surface area contributed by atoms with E-state index in [2.05, 4.69) is 6.58 Å². The van der Waals surface area contributed by atoms with Crippen molar-refractivity contribution in [1.29, 1.82) is 0 Å². The van der Waals surface area contributed by atoms with Crippen LogP contribution >= 0.6 is 0 Å². The molecule has 20 heavy (non-hydrogen) atoms. The Kier molecular flexibility index (Phi) is 7.24. The molecule has 4 nitrogen and oxygen atoms in total. The Hall–Kier alpha value is -0.870. The lowest BCUT2D eigenvalue weighted by atomic mass is 9.75. The molecule has 0 bridgehead atoms. The van der Waals surface area contributed by atoms with Crippen molar-refractivity contribution in [2.75, 3.05) is 13.2 Å². The van der Waals surface area contributed by atoms with Crippen LogP contribution in [0.5, 0.6) is 0 Å². The zero-order valence-corrected chi connectivity index (χ0v) is 12.7. The maximum absolute atomic E-state index is 11.4. The summed E-state index contributed by atoms with van der Waals surface area (Å²) in [6.07, 6.45) is 5.10. The first kappa shape index (κ1) is 17.2. The number of esters is 1. The molecule has 1 rings (SSSR count). The molecule has 1 aliphatic rings. The van der Waals surface area contributed by atoms with E-state index >= 15 is 0 Å². The molecule has 0 saturated heterocycles. The minimum absolute atomic E-state index is 0.00932. The van der Waals surface area contributed by atoms with Crippen molar-refractivity contribution in [1.82, 2.24) is 0 Å². The van der Waals surface area contributed by atoms with E-state index < -0.39 is 12.1 Å². The summed E-state index contributed by atoms with van der Waals surface area (Å²) in [5.41, 5.74) is 0.359. The molecule has 0 aromatic rings. The smallest absolute Gasteiger partial charge is 0.333 e. The number of carbonyl (C=O) groups excluding carboxylic acids is 1. The number of aliphatic hydroxyl groups excluding tert-OH is 2. The van der Waals surface area contributed by atoms with Crippen LogP contribution in [0.4, 0.5) is 0 Å². The third kappa shape index (κ3) is 4.91. The molecule has 1 saturated carbocycles. The summed E-state index contributed by atoms with van der Waals surface area (Å²) < 4.78 is 5.09. The lowest BCUT2D eigenvalue weighted by molar-refractivity contribution is -0.142. The highest BCUT2D eigenvalue weighted by Gasteiger charge is 2.32. The summed E-state index contributed by atoms with van der Waals surface area (Å²) in [6, 6.07) is 0. The summed E-state index contributed by atoms with van der Waals surface area (Å²) in [4.78, 5) is 11.4. The van der Waals surface area contributed by atoms with Gasteiger partial charge in [-0.25, -0.2) is 4.79 Å². The lowest BCUT2D eigenvalue weighted by Crippen LogP contribution is -2.38. The first-order chi connectivity index (χ1) is 9.47. The predicted molar refractivity (Wildman–Crippen MR) is 78.1 cm³/mol. The minimum Gasteiger partial charge on any atom is -0.462 e. The van der Waals surface area contributed by atoms with Crippen LogP contribution in [-0.4, -0.2) is 35.5 Å². The van der Waals surface area contributed by atoms with Gasteiger partial charge in [0.2, 0.25) is 0 Å². The van der Waals surface area contributed by atoms with Crippen molar-refractivity contribution in [3.05, 3.63) is 12.2 Å². The first-order valence-electron chi connectivity index (χ1n) is 7.59. The van der Waals surface area contributed by atoms with E-state index in [4.69, 9.17) is 4.74 Å². The van der Waals surface area contributed by atoms with Crippen LogP contribution in [0.1, 0.15) is 46.0 Å². The topological polar surface area (TPSA) is 66.8 Å². The Morgan fingerprint density at radius 1 is 1.35 bits per heavy atom. The first-order valence-corrected chi connectivity index (χ1v) is 7.59. The molecule has 0 radical (unpaired) electrons. The fourth-order valence-corrected chi connectivity index (χ4v) is 2.95. The van der Waals surface area contributed by atoms with Gasteiger partial charge in [-0.15, -0.1) is 0 Å². The molecule has 116 valence electrons. The van der Waals surface area contributed by atoms with Crippen molar-refractivity contribution in [2.45, 2.75) is 52.1 Å². The molecule has 2 N–H and O–H groups in total. The van der Waals surface area contributed by atoms with Crippen molar-refractivity contribution >= 4 is 5.97 Å². The van der Waals surface area contributed by atoms with Gasteiger partial charge in [-0.3, -0.25) is 0 Å². The van der Waals surface area contributed by atoms with Gasteiger partial charge in [-0.1, -0.05) is 45.6 Å². The van der Waals surface area contributed by atoms with Gasteiger partial charge in [0.15, 0.2) is 0 Å². The van der Waals surface area contributed by atoms with Crippen molar-refractivity contribution in [3.8, 4) is 0 Å². The lowest BCUT2D eigenvalue weighted by Gasteiger charge is -2.34. The molecule has 0 aromatic carbocycles. The fourth-order valence-electron chi connectivity index (χ4n) is 2.95. The van der Waals surface area contributed by atoms with Gasteiger partial charge < -0.3 is 14.9 Å². The van der Waals surface area contributed by atoms with Gasteiger partial charge in [-0.05, 0) is 12.8 Å². The number of carbonyl (C=O) groups is 1. The van der Waals surface area contributed by atoms with Crippen LogP contribution in [0.2, 0.25) is 0 Å². The molecule has 1 fully saturated rings. The number of ether oxygens (including phenoxy) is 1. The quantitative estimate of drug-likeness (QED) is 0.556. The minimum atomic E-state index is -0.638. The van der Waals surface area contributed by atoms with Gasteiger partial charge >= 0.3 is 5.97 Å². The third-order valence-electron chi connectivity index (χ3n) is 4.31. The molecule has 0 aromatic heterocycles. The summed E-state index contributed by atoms with van der Waals surface area (Å²) >= 11 is 0. The predicted octanol–water partition coefficient (Wildman–Crippen LogP) is 2.29. The molecule has 3 unspecified atom stereocenters. The molecule has 3 atom stereocenters. The third-order valence-corrected chi connectivity index (χ3v) is 4.31. The van der Waals surface area contributed by atoms with Crippen molar-refractivity contribution in [2.24, 2.45) is 17.8 Å². The Balaban J connectivity index is 2.49. The van der Waals surface area contributed by atoms with Crippen LogP contribution in [0.15, 0.2) is 12.2 Å². The fraction of sp³-hybridized carbons (Fsp3) is 0.812. The highest BCUT2D eigenvalue weighted by Crippen LogP contribution is 2.33. The maximum atomic E-state index is 11.4. The molecule has 0 heterocycles. The zero-order chi connectivity index (χ0) is 15.1. The Bertz CT molecular complexity index is 320. The molecule has 1 aliphatic carbocycles. The summed E-state index contributed by atoms with van der Waals surface area (Å²) in [6.45, 7) is 7.13. The number of hydrogen-bond acceptors (Lipinski definition) is 4. The second-order valence-electron chi connectivity index (χ2n) is 6.09. The van der Waals surface area contributed by atoms with Gasteiger partial charge in [0.25, 0.3) is 0 Å². The summed E-state index contributed by atoms with van der Waals surface area (Å²) in [5, 5.41) is 20.0. The number of hydrogen-bond donors (Lipinski definition) is 2. The average molecular weight is 284 g/mol. The zero-order valence-electron chi connectivity index (χ0n) is 12.7.